The molecule has 1 aliphatic carbocycles. The zero-order valence-corrected chi connectivity index (χ0v) is 21.7. The van der Waals surface area contributed by atoms with Crippen LogP contribution in [0.2, 0.25) is 0 Å². The molecule has 198 valence electrons. The number of urea groups is 1. The van der Waals surface area contributed by atoms with Gasteiger partial charge in [-0.15, -0.1) is 0 Å². The number of carboxylic acid groups (broad SMARTS) is 1. The third kappa shape index (κ3) is 5.93. The molecule has 2 N–H and O–H groups in total. The van der Waals surface area contributed by atoms with Gasteiger partial charge in [-0.3, -0.25) is 9.69 Å². The molecule has 2 amide bonds. The summed E-state index contributed by atoms with van der Waals surface area (Å²) in [7, 11) is 0. The molecule has 0 spiro atoms. The van der Waals surface area contributed by atoms with E-state index >= 15 is 0 Å². The van der Waals surface area contributed by atoms with Gasteiger partial charge in [0.2, 0.25) is 0 Å². The maximum atomic E-state index is 13.1. The molecule has 0 bridgehead atoms. The zero-order valence-electron chi connectivity index (χ0n) is 21.7. The molecule has 3 aromatic rings. The van der Waals surface area contributed by atoms with Gasteiger partial charge in [-0.1, -0.05) is 30.3 Å². The van der Waals surface area contributed by atoms with E-state index in [-0.39, 0.29) is 12.5 Å². The normalized spacial score (nSPS) is 18.7. The number of hydrogen-bond donors (Lipinski definition) is 2. The largest absolute Gasteiger partial charge is 0.494 e. The Hall–Kier alpha value is -4.00. The summed E-state index contributed by atoms with van der Waals surface area (Å²) in [6.07, 6.45) is 4.32. The molecule has 7 nitrogen and oxygen atoms in total. The number of hydrogen-bond acceptors (Lipinski definition) is 4. The molecule has 1 saturated carbocycles. The molecular formula is C31H34N2O5. The molecule has 5 rings (SSSR count). The molecule has 3 aromatic carbocycles. The number of carboxylic acids is 1. The first-order valence-electron chi connectivity index (χ1n) is 13.4. The first-order chi connectivity index (χ1) is 18.5. The number of benzene rings is 3. The summed E-state index contributed by atoms with van der Waals surface area (Å²) < 4.78 is 11.4. The lowest BCUT2D eigenvalue weighted by Crippen LogP contribution is -2.40. The Bertz CT molecular complexity index is 1260. The van der Waals surface area contributed by atoms with Crippen LogP contribution in [0.25, 0.3) is 11.1 Å². The first kappa shape index (κ1) is 25.6. The van der Waals surface area contributed by atoms with Crippen LogP contribution in [0.15, 0.2) is 66.7 Å². The van der Waals surface area contributed by atoms with Gasteiger partial charge in [0.05, 0.1) is 18.8 Å². The molecule has 0 unspecified atom stereocenters. The molecular weight excluding hydrogens is 480 g/mol. The number of nitrogens with one attached hydrogen (secondary N) is 1. The number of rotatable bonds is 7. The quantitative estimate of drug-likeness (QED) is 0.357. The van der Waals surface area contributed by atoms with E-state index < -0.39 is 5.97 Å². The van der Waals surface area contributed by atoms with Gasteiger partial charge in [-0.2, -0.15) is 0 Å². The summed E-state index contributed by atoms with van der Waals surface area (Å²) >= 11 is 0. The van der Waals surface area contributed by atoms with Crippen molar-refractivity contribution >= 4 is 23.4 Å². The predicted molar refractivity (Wildman–Crippen MR) is 148 cm³/mol. The van der Waals surface area contributed by atoms with Crippen LogP contribution in [0.4, 0.5) is 16.2 Å². The lowest BCUT2D eigenvalue weighted by molar-refractivity contribution is -0.138. The van der Waals surface area contributed by atoms with Crippen LogP contribution in [0.5, 0.6) is 11.5 Å². The second kappa shape index (κ2) is 11.6. The van der Waals surface area contributed by atoms with E-state index in [1.807, 2.05) is 49.4 Å². The average molecular weight is 515 g/mol. The topological polar surface area (TPSA) is 88.1 Å². The van der Waals surface area contributed by atoms with E-state index in [0.717, 1.165) is 48.2 Å². The predicted octanol–water partition coefficient (Wildman–Crippen LogP) is 6.93. The highest BCUT2D eigenvalue weighted by atomic mass is 16.5. The third-order valence-corrected chi connectivity index (χ3v) is 7.51. The minimum Gasteiger partial charge on any atom is -0.494 e. The van der Waals surface area contributed by atoms with Crippen molar-refractivity contribution in [3.8, 4) is 22.6 Å². The number of aliphatic carboxylic acids is 1. The van der Waals surface area contributed by atoms with Crippen LogP contribution in [0.1, 0.15) is 50.5 Å². The van der Waals surface area contributed by atoms with Crippen molar-refractivity contribution < 1.29 is 24.2 Å². The van der Waals surface area contributed by atoms with E-state index in [2.05, 4.69) is 29.6 Å². The Kier molecular flexibility index (Phi) is 7.82. The lowest BCUT2D eigenvalue weighted by Gasteiger charge is -2.30. The maximum Gasteiger partial charge on any atom is 0.326 e. The highest BCUT2D eigenvalue weighted by molar-refractivity contribution is 6.03. The number of nitrogens with zero attached hydrogens (tertiary/aromatic N) is 1. The van der Waals surface area contributed by atoms with Crippen LogP contribution in [-0.4, -0.2) is 36.9 Å². The average Bonchev–Trinajstić information content (AvgIpc) is 2.94. The van der Waals surface area contributed by atoms with Crippen molar-refractivity contribution in [2.45, 2.75) is 44.9 Å². The van der Waals surface area contributed by atoms with Crippen LogP contribution in [-0.2, 0) is 4.79 Å². The molecule has 1 aliphatic heterocycles. The SMILES string of the molecule is CCOc1ccc(NC(=O)N2CCOc3cc(-c4ccc([C@H]5CC[C@H](CC(=O)O)CC5)cc4)ccc32)cc1. The lowest BCUT2D eigenvalue weighted by atomic mass is 9.77. The minimum atomic E-state index is -0.691. The van der Waals surface area contributed by atoms with Gasteiger partial charge in [0.25, 0.3) is 0 Å². The van der Waals surface area contributed by atoms with E-state index in [1.165, 1.54) is 5.56 Å². The summed E-state index contributed by atoms with van der Waals surface area (Å²) in [5.41, 5.74) is 4.90. The third-order valence-electron chi connectivity index (χ3n) is 7.51. The number of carbonyl (C=O) groups excluding carboxylic acids is 1. The Labute approximate surface area is 223 Å². The number of fused-ring (bicyclic) bond motifs is 1. The first-order valence-corrected chi connectivity index (χ1v) is 13.4. The van der Waals surface area contributed by atoms with Gasteiger partial charge in [0.1, 0.15) is 18.1 Å². The van der Waals surface area contributed by atoms with Crippen LogP contribution in [0.3, 0.4) is 0 Å². The Morgan fingerprint density at radius 3 is 2.37 bits per heavy atom. The zero-order chi connectivity index (χ0) is 26.5. The maximum absolute atomic E-state index is 13.1. The van der Waals surface area contributed by atoms with Crippen molar-refractivity contribution in [2.24, 2.45) is 5.92 Å². The molecule has 1 heterocycles. The van der Waals surface area contributed by atoms with Gasteiger partial charge in [0, 0.05) is 12.1 Å². The van der Waals surface area contributed by atoms with Crippen LogP contribution < -0.4 is 19.7 Å². The molecule has 0 atom stereocenters. The van der Waals surface area contributed by atoms with Gasteiger partial charge >= 0.3 is 12.0 Å². The van der Waals surface area contributed by atoms with Gasteiger partial charge in [-0.25, -0.2) is 4.79 Å². The second-order valence-electron chi connectivity index (χ2n) is 10.0. The van der Waals surface area contributed by atoms with Crippen molar-refractivity contribution in [1.29, 1.82) is 0 Å². The van der Waals surface area contributed by atoms with Gasteiger partial charge in [0.15, 0.2) is 0 Å². The van der Waals surface area contributed by atoms with Crippen molar-refractivity contribution in [3.05, 3.63) is 72.3 Å². The van der Waals surface area contributed by atoms with E-state index in [4.69, 9.17) is 14.6 Å². The smallest absolute Gasteiger partial charge is 0.326 e. The number of amides is 2. The monoisotopic (exact) mass is 514 g/mol. The Morgan fingerprint density at radius 1 is 0.974 bits per heavy atom. The summed E-state index contributed by atoms with van der Waals surface area (Å²) in [5, 5.41) is 12.0. The highest BCUT2D eigenvalue weighted by Crippen LogP contribution is 2.39. The highest BCUT2D eigenvalue weighted by Gasteiger charge is 2.26. The number of anilines is 2. The Balaban J connectivity index is 1.24. The fourth-order valence-corrected chi connectivity index (χ4v) is 5.50. The fraction of sp³-hybridized carbons (Fsp3) is 0.355. The van der Waals surface area contributed by atoms with Crippen molar-refractivity contribution in [1.82, 2.24) is 0 Å². The summed E-state index contributed by atoms with van der Waals surface area (Å²) in [4.78, 5) is 25.8. The molecule has 7 heteroatoms. The summed E-state index contributed by atoms with van der Waals surface area (Å²) in [6.45, 7) is 3.43. The summed E-state index contributed by atoms with van der Waals surface area (Å²) in [6, 6.07) is 21.8. The molecule has 0 aromatic heterocycles. The van der Waals surface area contributed by atoms with Crippen molar-refractivity contribution in [3.63, 3.8) is 0 Å². The van der Waals surface area contributed by atoms with E-state index in [1.54, 1.807) is 4.90 Å². The molecule has 2 aliphatic rings. The summed E-state index contributed by atoms with van der Waals surface area (Å²) in [5.74, 6) is 1.56. The second-order valence-corrected chi connectivity index (χ2v) is 10.0. The molecule has 0 radical (unpaired) electrons. The van der Waals surface area contributed by atoms with Gasteiger partial charge in [-0.05, 0) is 97.5 Å². The van der Waals surface area contributed by atoms with E-state index in [0.29, 0.717) is 43.0 Å². The fourth-order valence-electron chi connectivity index (χ4n) is 5.50. The Morgan fingerprint density at radius 2 is 1.68 bits per heavy atom. The number of ether oxygens (including phenoxy) is 2. The van der Waals surface area contributed by atoms with Crippen LogP contribution >= 0.6 is 0 Å². The molecule has 38 heavy (non-hydrogen) atoms. The minimum absolute atomic E-state index is 0.200. The number of carbonyl (C=O) groups is 2. The molecule has 0 saturated heterocycles. The molecule has 1 fully saturated rings. The van der Waals surface area contributed by atoms with E-state index in [9.17, 15) is 9.59 Å². The van der Waals surface area contributed by atoms with Crippen molar-refractivity contribution in [2.75, 3.05) is 30.0 Å². The standard InChI is InChI=1S/C31H34N2O5/c1-2-37-27-14-12-26(13-15-27)32-31(36)33-17-18-38-29-20-25(11-16-28(29)33)24-9-7-23(8-10-24)22-5-3-21(4-6-22)19-30(34)35/h7-16,20-22H,2-6,17-19H2,1H3,(H,32,36)(H,34,35)/t21-,22-. The van der Waals surface area contributed by atoms with Crippen LogP contribution in [0, 0.1) is 5.92 Å². The van der Waals surface area contributed by atoms with Gasteiger partial charge < -0.3 is 19.9 Å².